The van der Waals surface area contributed by atoms with Crippen LogP contribution in [0.4, 0.5) is 26.2 Å². The Kier molecular flexibility index (Phi) is 9.86. The Bertz CT molecular complexity index is 1660. The molecule has 15 heteroatoms. The Morgan fingerprint density at radius 2 is 1.96 bits per heavy atom. The quantitative estimate of drug-likeness (QED) is 0.328. The van der Waals surface area contributed by atoms with Gasteiger partial charge in [-0.2, -0.15) is 10.2 Å². The Morgan fingerprint density at radius 1 is 1.17 bits per heavy atom. The molecule has 3 aromatic rings. The lowest BCUT2D eigenvalue weighted by Gasteiger charge is -2.43. The number of carbonyl (C=O) groups excluding carboxylic acids is 1. The fourth-order valence-electron chi connectivity index (χ4n) is 6.03. The number of rotatable bonds is 10. The summed E-state index contributed by atoms with van der Waals surface area (Å²) in [6, 6.07) is 12.6. The lowest BCUT2D eigenvalue weighted by Crippen LogP contribution is -2.56. The van der Waals surface area contributed by atoms with Crippen molar-refractivity contribution < 1.29 is 32.9 Å². The maximum absolute atomic E-state index is 15.0. The summed E-state index contributed by atoms with van der Waals surface area (Å²) in [7, 11) is 1.58. The number of aliphatic hydroxyl groups is 1. The predicted octanol–water partition coefficient (Wildman–Crippen LogP) is 2.93. The number of ether oxygens (including phenoxy) is 3. The highest BCUT2D eigenvalue weighted by molar-refractivity contribution is 5.78. The number of nitrogens with zero attached hydrogens (tertiary/aromatic N) is 7. The minimum absolute atomic E-state index is 0.0108. The molecule has 2 N–H and O–H groups in total. The monoisotopic (exact) mass is 664 g/mol. The van der Waals surface area contributed by atoms with Crippen LogP contribution in [0.3, 0.4) is 0 Å². The lowest BCUT2D eigenvalue weighted by atomic mass is 10.0. The van der Waals surface area contributed by atoms with Crippen LogP contribution in [-0.4, -0.2) is 120 Å². The van der Waals surface area contributed by atoms with E-state index in [0.29, 0.717) is 29.0 Å². The van der Waals surface area contributed by atoms with Gasteiger partial charge in [0.2, 0.25) is 17.7 Å². The number of piperazine rings is 1. The van der Waals surface area contributed by atoms with Crippen molar-refractivity contribution in [2.75, 3.05) is 76.4 Å². The van der Waals surface area contributed by atoms with E-state index in [1.165, 1.54) is 19.1 Å². The first-order valence-corrected chi connectivity index (χ1v) is 15.9. The summed E-state index contributed by atoms with van der Waals surface area (Å²) in [6.07, 6.45) is -0.0919. The highest BCUT2D eigenvalue weighted by atomic mass is 19.3. The number of anilines is 3. The number of nitrogens with one attached hydrogen (secondary N) is 1. The van der Waals surface area contributed by atoms with Gasteiger partial charge in [0.25, 0.3) is 0 Å². The number of benzene rings is 1. The van der Waals surface area contributed by atoms with E-state index in [1.54, 1.807) is 25.4 Å². The third-order valence-corrected chi connectivity index (χ3v) is 8.93. The molecule has 1 amide bonds. The van der Waals surface area contributed by atoms with Gasteiger partial charge in [0.15, 0.2) is 6.10 Å². The maximum atomic E-state index is 15.0. The number of aromatic nitrogens is 3. The molecule has 2 aromatic heterocycles. The molecule has 0 radical (unpaired) electrons. The molecule has 48 heavy (non-hydrogen) atoms. The summed E-state index contributed by atoms with van der Waals surface area (Å²) < 4.78 is 46.7. The van der Waals surface area contributed by atoms with Crippen LogP contribution in [0.2, 0.25) is 0 Å². The van der Waals surface area contributed by atoms with Crippen LogP contribution in [0.25, 0.3) is 11.3 Å². The summed E-state index contributed by atoms with van der Waals surface area (Å²) in [4.78, 5) is 31.6. The number of carbonyl (C=O) groups is 1. The van der Waals surface area contributed by atoms with Gasteiger partial charge in [0.05, 0.1) is 56.7 Å². The maximum Gasteiger partial charge on any atom is 0.301 e. The SMILES string of the molecule is COc1nc(Nc2nccc(-c3ccc(OC4CCN(C(=O)C(C)CO)CC4(F)F)c(C#N)c3)n2)ccc1N1CCN(C2COC2)CC1. The van der Waals surface area contributed by atoms with Gasteiger partial charge < -0.3 is 34.4 Å². The molecule has 6 rings (SSSR count). The normalized spacial score (nSPS) is 20.4. The number of methoxy groups -OCH3 is 1. The number of pyridine rings is 1. The molecule has 2 unspecified atom stereocenters. The Morgan fingerprint density at radius 3 is 2.62 bits per heavy atom. The van der Waals surface area contributed by atoms with Crippen molar-refractivity contribution in [3.63, 3.8) is 0 Å². The van der Waals surface area contributed by atoms with Crippen molar-refractivity contribution in [2.24, 2.45) is 5.92 Å². The summed E-state index contributed by atoms with van der Waals surface area (Å²) in [5, 5.41) is 22.2. The lowest BCUT2D eigenvalue weighted by molar-refractivity contribution is -0.163. The van der Waals surface area contributed by atoms with Gasteiger partial charge in [-0.1, -0.05) is 6.92 Å². The summed E-state index contributed by atoms with van der Waals surface area (Å²) >= 11 is 0. The van der Waals surface area contributed by atoms with Crippen LogP contribution in [0, 0.1) is 17.2 Å². The molecule has 0 saturated carbocycles. The number of amides is 1. The molecule has 254 valence electrons. The first kappa shape index (κ1) is 33.3. The van der Waals surface area contributed by atoms with Gasteiger partial charge in [-0.15, -0.1) is 0 Å². The van der Waals surface area contributed by atoms with E-state index < -0.39 is 37.0 Å². The Balaban J connectivity index is 1.12. The van der Waals surface area contributed by atoms with Crippen molar-refractivity contribution in [2.45, 2.75) is 31.4 Å². The molecular formula is C33H38F2N8O5. The van der Waals surface area contributed by atoms with Crippen molar-refractivity contribution in [1.29, 1.82) is 5.26 Å². The molecule has 1 aromatic carbocycles. The molecule has 3 fully saturated rings. The van der Waals surface area contributed by atoms with Crippen LogP contribution in [0.5, 0.6) is 11.6 Å². The van der Waals surface area contributed by atoms with Crippen LogP contribution >= 0.6 is 0 Å². The topological polar surface area (TPSA) is 149 Å². The number of nitriles is 1. The highest BCUT2D eigenvalue weighted by Gasteiger charge is 2.48. The Hall–Kier alpha value is -4.65. The third kappa shape index (κ3) is 7.10. The van der Waals surface area contributed by atoms with Crippen molar-refractivity contribution in [3.05, 3.63) is 48.2 Å². The van der Waals surface area contributed by atoms with Gasteiger partial charge in [-0.3, -0.25) is 9.69 Å². The van der Waals surface area contributed by atoms with Gasteiger partial charge in [-0.25, -0.2) is 18.7 Å². The van der Waals surface area contributed by atoms with Crippen LogP contribution < -0.4 is 19.7 Å². The number of alkyl halides is 2. The first-order valence-electron chi connectivity index (χ1n) is 15.9. The van der Waals surface area contributed by atoms with Crippen LogP contribution in [-0.2, 0) is 9.53 Å². The molecule has 0 aliphatic carbocycles. The van der Waals surface area contributed by atoms with E-state index in [9.17, 15) is 15.2 Å². The zero-order chi connectivity index (χ0) is 33.8. The predicted molar refractivity (Wildman–Crippen MR) is 171 cm³/mol. The molecule has 2 atom stereocenters. The zero-order valence-electron chi connectivity index (χ0n) is 26.8. The standard InChI is InChI=1S/C33H38F2N8O5/c1-21(17-44)31(45)43-10-8-28(33(34,35)20-43)48-27-5-3-22(15-23(27)16-36)25-7-9-37-32(38-25)40-29-6-4-26(30(39-29)46-2)42-13-11-41(12-14-42)24-18-47-19-24/h3-7,9,15,21,24,28,44H,8,10-14,17-20H2,1-2H3,(H,37,38,39,40). The van der Waals surface area contributed by atoms with Crippen molar-refractivity contribution in [3.8, 4) is 29.0 Å². The van der Waals surface area contributed by atoms with Crippen molar-refractivity contribution in [1.82, 2.24) is 24.8 Å². The van der Waals surface area contributed by atoms with E-state index in [-0.39, 0.29) is 30.2 Å². The van der Waals surface area contributed by atoms with Gasteiger partial charge >= 0.3 is 5.92 Å². The second-order valence-corrected chi connectivity index (χ2v) is 12.2. The van der Waals surface area contributed by atoms with Gasteiger partial charge in [-0.05, 0) is 36.4 Å². The first-order chi connectivity index (χ1) is 23.2. The second-order valence-electron chi connectivity index (χ2n) is 12.2. The van der Waals surface area contributed by atoms with E-state index in [0.717, 1.165) is 50.0 Å². The van der Waals surface area contributed by atoms with Crippen molar-refractivity contribution >= 4 is 23.4 Å². The Labute approximate surface area is 277 Å². The smallest absolute Gasteiger partial charge is 0.301 e. The largest absolute Gasteiger partial charge is 0.483 e. The summed E-state index contributed by atoms with van der Waals surface area (Å²) in [5.41, 5.74) is 2.02. The fourth-order valence-corrected chi connectivity index (χ4v) is 6.03. The molecule has 3 aliphatic heterocycles. The van der Waals surface area contributed by atoms with E-state index in [1.807, 2.05) is 18.2 Å². The van der Waals surface area contributed by atoms with E-state index in [4.69, 9.17) is 14.2 Å². The number of hydrogen-bond acceptors (Lipinski definition) is 12. The fraction of sp³-hybridized carbons (Fsp3) is 0.485. The number of hydrogen-bond donors (Lipinski definition) is 2. The van der Waals surface area contributed by atoms with Gasteiger partial charge in [0, 0.05) is 50.9 Å². The zero-order valence-corrected chi connectivity index (χ0v) is 26.8. The average molecular weight is 665 g/mol. The van der Waals surface area contributed by atoms with Crippen LogP contribution in [0.15, 0.2) is 42.6 Å². The average Bonchev–Trinajstić information content (AvgIpc) is 3.08. The van der Waals surface area contributed by atoms with Crippen LogP contribution in [0.1, 0.15) is 18.9 Å². The number of piperidine rings is 1. The molecule has 0 bridgehead atoms. The highest BCUT2D eigenvalue weighted by Crippen LogP contribution is 2.35. The molecule has 13 nitrogen and oxygen atoms in total. The minimum atomic E-state index is -3.35. The summed E-state index contributed by atoms with van der Waals surface area (Å²) in [5.74, 6) is -3.41. The second kappa shape index (κ2) is 14.2. The summed E-state index contributed by atoms with van der Waals surface area (Å²) in [6.45, 7) is 5.49. The van der Waals surface area contributed by atoms with E-state index in [2.05, 4.69) is 30.1 Å². The van der Waals surface area contributed by atoms with Gasteiger partial charge in [0.1, 0.15) is 23.3 Å². The molecule has 3 saturated heterocycles. The third-order valence-electron chi connectivity index (χ3n) is 8.93. The molecule has 5 heterocycles. The molecular weight excluding hydrogens is 626 g/mol. The number of aliphatic hydroxyl groups excluding tert-OH is 1. The number of halogens is 2. The molecule has 0 spiro atoms. The number of likely N-dealkylation sites (tertiary alicyclic amines) is 1. The molecule has 3 aliphatic rings. The van der Waals surface area contributed by atoms with E-state index >= 15 is 8.78 Å². The minimum Gasteiger partial charge on any atom is -0.483 e.